The van der Waals surface area contributed by atoms with Crippen LogP contribution in [0.5, 0.6) is 0 Å². The lowest BCUT2D eigenvalue weighted by molar-refractivity contribution is 0.0945. The minimum atomic E-state index is -0.243. The van der Waals surface area contributed by atoms with E-state index in [1.165, 1.54) is 15.8 Å². The molecule has 1 aromatic carbocycles. The summed E-state index contributed by atoms with van der Waals surface area (Å²) < 4.78 is 8.03. The standard InChI is InChI=1S/C24H23BrN2O3S/c1-24(2,3)14-4-6-16-20(10-14)31-22-21(16)23(29)27(12-26-22)11-17(28)19-9-13-8-15(25)5-7-18(13)30-19/h5,7-9,12,14H,4,6,10-11H2,1-3H3. The van der Waals surface area contributed by atoms with E-state index in [0.717, 1.165) is 39.5 Å². The minimum absolute atomic E-state index is 0.0853. The maximum absolute atomic E-state index is 13.3. The zero-order valence-corrected chi connectivity index (χ0v) is 20.1. The molecule has 1 aliphatic rings. The van der Waals surface area contributed by atoms with E-state index < -0.39 is 0 Å². The van der Waals surface area contributed by atoms with Gasteiger partial charge in [0, 0.05) is 14.7 Å². The van der Waals surface area contributed by atoms with Gasteiger partial charge in [0.15, 0.2) is 5.76 Å². The van der Waals surface area contributed by atoms with Crippen LogP contribution in [0.3, 0.4) is 0 Å². The molecule has 3 heterocycles. The van der Waals surface area contributed by atoms with Crippen molar-refractivity contribution in [1.82, 2.24) is 9.55 Å². The van der Waals surface area contributed by atoms with E-state index in [1.54, 1.807) is 17.4 Å². The van der Waals surface area contributed by atoms with E-state index in [-0.39, 0.29) is 29.1 Å². The lowest BCUT2D eigenvalue weighted by Crippen LogP contribution is -2.27. The SMILES string of the molecule is CC(C)(C)C1CCc2c(sc3ncn(CC(=O)c4cc5cc(Br)ccc5o4)c(=O)c23)C1. The lowest BCUT2D eigenvalue weighted by Gasteiger charge is -2.33. The topological polar surface area (TPSA) is 65.1 Å². The summed E-state index contributed by atoms with van der Waals surface area (Å²) in [5.41, 5.74) is 1.89. The molecule has 160 valence electrons. The first-order valence-electron chi connectivity index (χ1n) is 10.4. The van der Waals surface area contributed by atoms with Gasteiger partial charge >= 0.3 is 0 Å². The van der Waals surface area contributed by atoms with E-state index in [1.807, 2.05) is 18.2 Å². The molecule has 0 N–H and O–H groups in total. The average Bonchev–Trinajstić information content (AvgIpc) is 3.29. The van der Waals surface area contributed by atoms with E-state index >= 15 is 0 Å². The van der Waals surface area contributed by atoms with Crippen LogP contribution in [-0.4, -0.2) is 15.3 Å². The molecule has 1 atom stereocenters. The summed E-state index contributed by atoms with van der Waals surface area (Å²) in [5.74, 6) is 0.609. The summed E-state index contributed by atoms with van der Waals surface area (Å²) in [6.45, 7) is 6.76. The zero-order valence-electron chi connectivity index (χ0n) is 17.7. The fourth-order valence-corrected chi connectivity index (χ4v) is 6.07. The second kappa shape index (κ2) is 7.41. The molecule has 5 rings (SSSR count). The molecule has 4 aromatic rings. The molecule has 7 heteroatoms. The normalized spacial score (nSPS) is 16.7. The van der Waals surface area contributed by atoms with Crippen LogP contribution in [0.1, 0.15) is 48.2 Å². The van der Waals surface area contributed by atoms with Crippen LogP contribution >= 0.6 is 27.3 Å². The minimum Gasteiger partial charge on any atom is -0.453 e. The predicted octanol–water partition coefficient (Wildman–Crippen LogP) is 6.00. The van der Waals surface area contributed by atoms with E-state index in [0.29, 0.717) is 16.9 Å². The first-order valence-corrected chi connectivity index (χ1v) is 12.0. The molecule has 0 aliphatic heterocycles. The van der Waals surface area contributed by atoms with Crippen LogP contribution in [0, 0.1) is 11.3 Å². The third kappa shape index (κ3) is 3.68. The molecule has 0 fully saturated rings. The molecule has 0 spiro atoms. The van der Waals surface area contributed by atoms with Gasteiger partial charge in [-0.1, -0.05) is 36.7 Å². The van der Waals surface area contributed by atoms with Gasteiger partial charge < -0.3 is 4.42 Å². The molecule has 1 aliphatic carbocycles. The van der Waals surface area contributed by atoms with Crippen molar-refractivity contribution in [3.8, 4) is 0 Å². The third-order valence-electron chi connectivity index (χ3n) is 6.33. The molecular weight excluding hydrogens is 476 g/mol. The number of hydrogen-bond acceptors (Lipinski definition) is 5. The molecule has 31 heavy (non-hydrogen) atoms. The Labute approximate surface area is 192 Å². The number of fused-ring (bicyclic) bond motifs is 4. The highest BCUT2D eigenvalue weighted by Crippen LogP contribution is 2.41. The summed E-state index contributed by atoms with van der Waals surface area (Å²) in [6, 6.07) is 7.31. The molecule has 5 nitrogen and oxygen atoms in total. The van der Waals surface area contributed by atoms with Crippen LogP contribution < -0.4 is 5.56 Å². The Hall–Kier alpha value is -2.25. The summed E-state index contributed by atoms with van der Waals surface area (Å²) in [4.78, 5) is 32.7. The molecule has 1 unspecified atom stereocenters. The van der Waals surface area contributed by atoms with Crippen molar-refractivity contribution in [3.05, 3.63) is 61.6 Å². The van der Waals surface area contributed by atoms with E-state index in [4.69, 9.17) is 4.42 Å². The Balaban J connectivity index is 1.47. The molecule has 0 radical (unpaired) electrons. The number of Topliss-reactive ketones (excluding diaryl/α,β-unsaturated/α-hetero) is 1. The first kappa shape index (κ1) is 20.6. The second-order valence-electron chi connectivity index (χ2n) is 9.38. The third-order valence-corrected chi connectivity index (χ3v) is 7.98. The van der Waals surface area contributed by atoms with Gasteiger partial charge in [-0.05, 0) is 60.4 Å². The number of hydrogen-bond donors (Lipinski definition) is 0. The summed E-state index contributed by atoms with van der Waals surface area (Å²) in [5, 5.41) is 1.54. The number of aryl methyl sites for hydroxylation is 1. The van der Waals surface area contributed by atoms with Gasteiger partial charge in [0.05, 0.1) is 18.3 Å². The van der Waals surface area contributed by atoms with Gasteiger partial charge in [-0.15, -0.1) is 11.3 Å². The molecule has 0 saturated carbocycles. The molecule has 0 saturated heterocycles. The number of ketones is 1. The van der Waals surface area contributed by atoms with Crippen molar-refractivity contribution >= 4 is 54.2 Å². The molecule has 0 bridgehead atoms. The largest absolute Gasteiger partial charge is 0.453 e. The number of benzene rings is 1. The highest BCUT2D eigenvalue weighted by molar-refractivity contribution is 9.10. The quantitative estimate of drug-likeness (QED) is 0.325. The van der Waals surface area contributed by atoms with Crippen molar-refractivity contribution in [2.75, 3.05) is 0 Å². The van der Waals surface area contributed by atoms with Crippen LogP contribution in [0.25, 0.3) is 21.2 Å². The van der Waals surface area contributed by atoms with Crippen LogP contribution in [0.15, 0.2) is 44.3 Å². The maximum Gasteiger partial charge on any atom is 0.262 e. The number of thiophene rings is 1. The van der Waals surface area contributed by atoms with E-state index in [9.17, 15) is 9.59 Å². The van der Waals surface area contributed by atoms with Gasteiger partial charge in [-0.2, -0.15) is 0 Å². The molecule has 3 aromatic heterocycles. The fraction of sp³-hybridized carbons (Fsp3) is 0.375. The Morgan fingerprint density at radius 3 is 2.90 bits per heavy atom. The number of carbonyl (C=O) groups is 1. The number of aromatic nitrogens is 2. The second-order valence-corrected chi connectivity index (χ2v) is 11.4. The van der Waals surface area contributed by atoms with E-state index in [2.05, 4.69) is 41.7 Å². The number of nitrogens with zero attached hydrogens (tertiary/aromatic N) is 2. The van der Waals surface area contributed by atoms with Crippen LogP contribution in [0.2, 0.25) is 0 Å². The Kier molecular flexibility index (Phi) is 4.94. The predicted molar refractivity (Wildman–Crippen MR) is 127 cm³/mol. The van der Waals surface area contributed by atoms with Crippen molar-refractivity contribution in [2.24, 2.45) is 11.3 Å². The monoisotopic (exact) mass is 498 g/mol. The van der Waals surface area contributed by atoms with Gasteiger partial charge in [-0.3, -0.25) is 14.2 Å². The molecular formula is C24H23BrN2O3S. The van der Waals surface area contributed by atoms with Gasteiger partial charge in [0.1, 0.15) is 10.4 Å². The number of halogens is 1. The van der Waals surface area contributed by atoms with Crippen molar-refractivity contribution < 1.29 is 9.21 Å². The van der Waals surface area contributed by atoms with Gasteiger partial charge in [-0.25, -0.2) is 4.98 Å². The average molecular weight is 499 g/mol. The van der Waals surface area contributed by atoms with Crippen molar-refractivity contribution in [3.63, 3.8) is 0 Å². The molecule has 0 amide bonds. The van der Waals surface area contributed by atoms with Crippen LogP contribution in [-0.2, 0) is 19.4 Å². The number of carbonyl (C=O) groups excluding carboxylic acids is 1. The summed E-state index contributed by atoms with van der Waals surface area (Å²) in [7, 11) is 0. The highest BCUT2D eigenvalue weighted by Gasteiger charge is 2.31. The summed E-state index contributed by atoms with van der Waals surface area (Å²) >= 11 is 5.06. The Bertz CT molecular complexity index is 1390. The number of rotatable bonds is 3. The maximum atomic E-state index is 13.3. The zero-order chi connectivity index (χ0) is 21.9. The first-order chi connectivity index (χ1) is 14.7. The Morgan fingerprint density at radius 2 is 2.13 bits per heavy atom. The Morgan fingerprint density at radius 1 is 1.32 bits per heavy atom. The van der Waals surface area contributed by atoms with Crippen molar-refractivity contribution in [2.45, 2.75) is 46.6 Å². The van der Waals surface area contributed by atoms with Crippen molar-refractivity contribution in [1.29, 1.82) is 0 Å². The van der Waals surface area contributed by atoms with Gasteiger partial charge in [0.25, 0.3) is 5.56 Å². The fourth-order valence-electron chi connectivity index (χ4n) is 4.44. The smallest absolute Gasteiger partial charge is 0.262 e. The highest BCUT2D eigenvalue weighted by atomic mass is 79.9. The lowest BCUT2D eigenvalue weighted by atomic mass is 9.72. The number of furan rings is 1. The van der Waals surface area contributed by atoms with Crippen LogP contribution in [0.4, 0.5) is 0 Å². The van der Waals surface area contributed by atoms with Gasteiger partial charge in [0.2, 0.25) is 5.78 Å². The summed E-state index contributed by atoms with van der Waals surface area (Å²) in [6.07, 6.45) is 4.45.